The van der Waals surface area contributed by atoms with Crippen LogP contribution in [0.3, 0.4) is 0 Å². The molecule has 1 saturated carbocycles. The first kappa shape index (κ1) is 21.4. The summed E-state index contributed by atoms with van der Waals surface area (Å²) in [6.45, 7) is -0.122. The van der Waals surface area contributed by atoms with Crippen molar-refractivity contribution in [3.8, 4) is 17.6 Å². The minimum Gasteiger partial charge on any atom is -0.493 e. The SMILES string of the molecule is COc1cc(C2=NOC(CC(=O)O)(C(=O)NC3CCCCC3)C2)ccc1OCC#N. The quantitative estimate of drug-likeness (QED) is 0.666. The first-order valence-electron chi connectivity index (χ1n) is 9.93. The Balaban J connectivity index is 1.77. The van der Waals surface area contributed by atoms with Crippen molar-refractivity contribution in [2.24, 2.45) is 5.16 Å². The second-order valence-electron chi connectivity index (χ2n) is 7.49. The minimum atomic E-state index is -1.58. The Kier molecular flexibility index (Phi) is 6.77. The topological polar surface area (TPSA) is 130 Å². The van der Waals surface area contributed by atoms with Gasteiger partial charge in [-0.25, -0.2) is 0 Å². The lowest BCUT2D eigenvalue weighted by molar-refractivity contribution is -0.156. The second-order valence-corrected chi connectivity index (χ2v) is 7.49. The summed E-state index contributed by atoms with van der Waals surface area (Å²) in [5.41, 5.74) is -0.518. The van der Waals surface area contributed by atoms with Crippen molar-refractivity contribution in [2.75, 3.05) is 13.7 Å². The number of benzene rings is 1. The van der Waals surface area contributed by atoms with E-state index in [1.807, 2.05) is 6.07 Å². The lowest BCUT2D eigenvalue weighted by Gasteiger charge is -2.29. The third kappa shape index (κ3) is 4.82. The van der Waals surface area contributed by atoms with Gasteiger partial charge in [-0.2, -0.15) is 5.26 Å². The third-order valence-corrected chi connectivity index (χ3v) is 5.36. The number of amides is 1. The summed E-state index contributed by atoms with van der Waals surface area (Å²) in [6, 6.07) is 6.91. The van der Waals surface area contributed by atoms with E-state index in [0.29, 0.717) is 22.8 Å². The lowest BCUT2D eigenvalue weighted by atomic mass is 9.88. The van der Waals surface area contributed by atoms with Crippen LogP contribution >= 0.6 is 0 Å². The van der Waals surface area contributed by atoms with Crippen molar-refractivity contribution in [3.63, 3.8) is 0 Å². The molecule has 1 fully saturated rings. The van der Waals surface area contributed by atoms with Crippen molar-refractivity contribution in [2.45, 2.75) is 56.6 Å². The van der Waals surface area contributed by atoms with Crippen LogP contribution in [0, 0.1) is 11.3 Å². The van der Waals surface area contributed by atoms with E-state index in [1.54, 1.807) is 18.2 Å². The highest BCUT2D eigenvalue weighted by Gasteiger charge is 2.49. The Hall–Kier alpha value is -3.28. The fraction of sp³-hybridized carbons (Fsp3) is 0.524. The maximum absolute atomic E-state index is 13.0. The minimum absolute atomic E-state index is 0.0272. The molecule has 0 spiro atoms. The number of rotatable bonds is 8. The fourth-order valence-electron chi connectivity index (χ4n) is 3.81. The number of carbonyl (C=O) groups excluding carboxylic acids is 1. The van der Waals surface area contributed by atoms with Crippen molar-refractivity contribution < 1.29 is 29.0 Å². The number of hydrogen-bond acceptors (Lipinski definition) is 7. The molecule has 0 radical (unpaired) electrons. The summed E-state index contributed by atoms with van der Waals surface area (Å²) in [6.07, 6.45) is 4.53. The van der Waals surface area contributed by atoms with E-state index in [0.717, 1.165) is 32.1 Å². The maximum Gasteiger partial charge on any atom is 0.308 e. The highest BCUT2D eigenvalue weighted by Crippen LogP contribution is 2.34. The molecular weight excluding hydrogens is 390 g/mol. The Morgan fingerprint density at radius 3 is 2.77 bits per heavy atom. The van der Waals surface area contributed by atoms with E-state index in [9.17, 15) is 14.7 Å². The van der Waals surface area contributed by atoms with Gasteiger partial charge < -0.3 is 24.7 Å². The summed E-state index contributed by atoms with van der Waals surface area (Å²) in [7, 11) is 1.47. The largest absolute Gasteiger partial charge is 0.493 e. The molecule has 1 aliphatic carbocycles. The molecule has 160 valence electrons. The van der Waals surface area contributed by atoms with E-state index >= 15 is 0 Å². The molecule has 1 aromatic rings. The normalized spacial score (nSPS) is 21.1. The molecule has 9 heteroatoms. The first-order chi connectivity index (χ1) is 14.5. The number of aliphatic carboxylic acids is 1. The van der Waals surface area contributed by atoms with E-state index in [-0.39, 0.29) is 19.1 Å². The molecule has 2 N–H and O–H groups in total. The summed E-state index contributed by atoms with van der Waals surface area (Å²) in [5.74, 6) is -0.790. The van der Waals surface area contributed by atoms with Crippen LogP contribution in [0.1, 0.15) is 50.5 Å². The Morgan fingerprint density at radius 2 is 2.10 bits per heavy atom. The molecule has 0 saturated heterocycles. The molecule has 0 aromatic heterocycles. The van der Waals surface area contributed by atoms with Gasteiger partial charge in [-0.15, -0.1) is 0 Å². The van der Waals surface area contributed by atoms with Crippen LogP contribution in [0.5, 0.6) is 11.5 Å². The molecule has 1 atom stereocenters. The molecule has 1 unspecified atom stereocenters. The molecular formula is C21H25N3O6. The van der Waals surface area contributed by atoms with E-state index < -0.39 is 23.9 Å². The highest BCUT2D eigenvalue weighted by molar-refractivity contribution is 6.06. The van der Waals surface area contributed by atoms with Crippen LogP contribution in [-0.4, -0.2) is 48.1 Å². The first-order valence-corrected chi connectivity index (χ1v) is 9.93. The van der Waals surface area contributed by atoms with E-state index in [2.05, 4.69) is 10.5 Å². The van der Waals surface area contributed by atoms with E-state index in [4.69, 9.17) is 19.6 Å². The number of hydrogen-bond donors (Lipinski definition) is 2. The molecule has 0 bridgehead atoms. The Bertz CT molecular complexity index is 872. The molecule has 2 aliphatic rings. The number of oxime groups is 1. The van der Waals surface area contributed by atoms with Gasteiger partial charge in [0.1, 0.15) is 6.07 Å². The van der Waals surface area contributed by atoms with Gasteiger partial charge in [0.05, 0.1) is 19.2 Å². The highest BCUT2D eigenvalue weighted by atomic mass is 16.7. The van der Waals surface area contributed by atoms with Gasteiger partial charge in [-0.1, -0.05) is 24.4 Å². The van der Waals surface area contributed by atoms with Crippen LogP contribution in [0.25, 0.3) is 0 Å². The lowest BCUT2D eigenvalue weighted by Crippen LogP contribution is -2.52. The molecule has 3 rings (SSSR count). The van der Waals surface area contributed by atoms with Crippen LogP contribution in [0.4, 0.5) is 0 Å². The number of carbonyl (C=O) groups is 2. The summed E-state index contributed by atoms with van der Waals surface area (Å²) < 4.78 is 10.6. The zero-order valence-electron chi connectivity index (χ0n) is 16.8. The predicted octanol–water partition coefficient (Wildman–Crippen LogP) is 2.38. The summed E-state index contributed by atoms with van der Waals surface area (Å²) >= 11 is 0. The van der Waals surface area contributed by atoms with Gasteiger partial charge in [0.2, 0.25) is 5.60 Å². The maximum atomic E-state index is 13.0. The monoisotopic (exact) mass is 415 g/mol. The van der Waals surface area contributed by atoms with Crippen molar-refractivity contribution in [3.05, 3.63) is 23.8 Å². The molecule has 1 heterocycles. The zero-order chi connectivity index (χ0) is 21.6. The van der Waals surface area contributed by atoms with Gasteiger partial charge in [-0.3, -0.25) is 9.59 Å². The average Bonchev–Trinajstić information content (AvgIpc) is 3.17. The standard InChI is InChI=1S/C21H25N3O6/c1-28-18-11-14(7-8-17(18)29-10-9-22)16-12-21(30-24-16,13-19(25)26)20(27)23-15-5-3-2-4-6-15/h7-8,11,15H,2-6,10,12-13H2,1H3,(H,23,27)(H,25,26). The number of carboxylic acid groups (broad SMARTS) is 1. The molecule has 1 aromatic carbocycles. The predicted molar refractivity (Wildman–Crippen MR) is 106 cm³/mol. The van der Waals surface area contributed by atoms with Gasteiger partial charge in [0, 0.05) is 18.0 Å². The van der Waals surface area contributed by atoms with Gasteiger partial charge in [-0.05, 0) is 31.0 Å². The second kappa shape index (κ2) is 9.48. The van der Waals surface area contributed by atoms with Gasteiger partial charge in [0.15, 0.2) is 18.1 Å². The van der Waals surface area contributed by atoms with E-state index in [1.165, 1.54) is 7.11 Å². The van der Waals surface area contributed by atoms with Gasteiger partial charge in [0.25, 0.3) is 5.91 Å². The van der Waals surface area contributed by atoms with Crippen LogP contribution < -0.4 is 14.8 Å². The number of nitrogens with one attached hydrogen (secondary N) is 1. The average molecular weight is 415 g/mol. The molecule has 9 nitrogen and oxygen atoms in total. The van der Waals surface area contributed by atoms with Gasteiger partial charge >= 0.3 is 5.97 Å². The summed E-state index contributed by atoms with van der Waals surface area (Å²) in [5, 5.41) is 25.1. The Morgan fingerprint density at radius 1 is 1.33 bits per heavy atom. The molecule has 30 heavy (non-hydrogen) atoms. The fourth-order valence-corrected chi connectivity index (χ4v) is 3.81. The summed E-state index contributed by atoms with van der Waals surface area (Å²) in [4.78, 5) is 29.9. The zero-order valence-corrected chi connectivity index (χ0v) is 16.8. The van der Waals surface area contributed by atoms with Crippen LogP contribution in [0.15, 0.2) is 23.4 Å². The Labute approximate surface area is 174 Å². The number of nitriles is 1. The van der Waals surface area contributed by atoms with Crippen molar-refractivity contribution in [1.82, 2.24) is 5.32 Å². The number of nitrogens with zero attached hydrogens (tertiary/aromatic N) is 2. The number of carboxylic acids is 1. The number of ether oxygens (including phenoxy) is 2. The smallest absolute Gasteiger partial charge is 0.308 e. The molecule has 1 amide bonds. The van der Waals surface area contributed by atoms with Crippen molar-refractivity contribution >= 4 is 17.6 Å². The third-order valence-electron chi connectivity index (χ3n) is 5.36. The number of methoxy groups -OCH3 is 1. The van der Waals surface area contributed by atoms with Crippen LogP contribution in [-0.2, 0) is 14.4 Å². The van der Waals surface area contributed by atoms with Crippen molar-refractivity contribution in [1.29, 1.82) is 5.26 Å². The van der Waals surface area contributed by atoms with Crippen LogP contribution in [0.2, 0.25) is 0 Å². The molecule has 1 aliphatic heterocycles.